The van der Waals surface area contributed by atoms with E-state index in [0.717, 1.165) is 20.2 Å². The molecule has 25 heavy (non-hydrogen) atoms. The highest BCUT2D eigenvalue weighted by atomic mass is 32.2. The zero-order chi connectivity index (χ0) is 18.0. The third-order valence-electron chi connectivity index (χ3n) is 4.29. The number of aryl methyl sites for hydroxylation is 1. The highest BCUT2D eigenvalue weighted by Crippen LogP contribution is 2.42. The predicted octanol–water partition coefficient (Wildman–Crippen LogP) is 4.56. The van der Waals surface area contributed by atoms with E-state index >= 15 is 0 Å². The van der Waals surface area contributed by atoms with Crippen LogP contribution in [0.15, 0.2) is 54.6 Å². The number of benzene rings is 2. The molecule has 1 fully saturated rings. The summed E-state index contributed by atoms with van der Waals surface area (Å²) < 4.78 is 1.55. The van der Waals surface area contributed by atoms with Crippen LogP contribution in [-0.4, -0.2) is 31.1 Å². The van der Waals surface area contributed by atoms with Crippen molar-refractivity contribution in [3.63, 3.8) is 0 Å². The van der Waals surface area contributed by atoms with Gasteiger partial charge >= 0.3 is 0 Å². The molecule has 1 atom stereocenters. The Morgan fingerprint density at radius 3 is 2.44 bits per heavy atom. The van der Waals surface area contributed by atoms with Gasteiger partial charge in [0.05, 0.1) is 6.54 Å². The first-order valence-corrected chi connectivity index (χ1v) is 9.50. The molecule has 1 heterocycles. The van der Waals surface area contributed by atoms with E-state index in [2.05, 4.69) is 26.0 Å². The molecule has 1 aliphatic heterocycles. The van der Waals surface area contributed by atoms with Gasteiger partial charge < -0.3 is 5.21 Å². The fourth-order valence-electron chi connectivity index (χ4n) is 3.06. The maximum Gasteiger partial charge on any atom is 0.254 e. The van der Waals surface area contributed by atoms with Crippen molar-refractivity contribution in [1.29, 1.82) is 0 Å². The number of hydroxylamine groups is 1. The second-order valence-corrected chi connectivity index (χ2v) is 9.15. The topological polar surface area (TPSA) is 29.3 Å². The third-order valence-corrected chi connectivity index (χ3v) is 5.92. The molecule has 0 saturated carbocycles. The minimum Gasteiger partial charge on any atom is -0.622 e. The Morgan fingerprint density at radius 1 is 1.16 bits per heavy atom. The third kappa shape index (κ3) is 4.05. The van der Waals surface area contributed by atoms with Gasteiger partial charge in [-0.1, -0.05) is 72.0 Å². The number of thioether (sulfide) groups is 1. The van der Waals surface area contributed by atoms with Crippen LogP contribution in [0.25, 0.3) is 0 Å². The zero-order valence-corrected chi connectivity index (χ0v) is 16.3. The minimum absolute atomic E-state index is 0.283. The SMILES string of the molecule is Cc1ccc(/C=[N+](\[O-])C2N(Cc3ccccc3)C(=S)SC2(C)C)cc1. The molecule has 1 unspecified atom stereocenters. The highest BCUT2D eigenvalue weighted by Gasteiger charge is 2.50. The van der Waals surface area contributed by atoms with Crippen LogP contribution in [0.1, 0.15) is 30.5 Å². The van der Waals surface area contributed by atoms with Crippen LogP contribution in [0.2, 0.25) is 0 Å². The van der Waals surface area contributed by atoms with Gasteiger partial charge in [0.1, 0.15) is 9.07 Å². The molecule has 2 aromatic carbocycles. The van der Waals surface area contributed by atoms with E-state index in [0.29, 0.717) is 6.54 Å². The van der Waals surface area contributed by atoms with Crippen LogP contribution >= 0.6 is 24.0 Å². The van der Waals surface area contributed by atoms with Crippen molar-refractivity contribution >= 4 is 34.5 Å². The molecule has 130 valence electrons. The Bertz CT molecular complexity index is 785. The van der Waals surface area contributed by atoms with Gasteiger partial charge in [0.2, 0.25) is 0 Å². The Labute approximate surface area is 158 Å². The number of hydrogen-bond acceptors (Lipinski definition) is 3. The summed E-state index contributed by atoms with van der Waals surface area (Å²) in [7, 11) is 0. The van der Waals surface area contributed by atoms with Gasteiger partial charge in [-0.2, -0.15) is 4.74 Å². The summed E-state index contributed by atoms with van der Waals surface area (Å²) in [6.45, 7) is 6.83. The van der Waals surface area contributed by atoms with Gasteiger partial charge in [-0.25, -0.2) is 0 Å². The van der Waals surface area contributed by atoms with Gasteiger partial charge in [-0.3, -0.25) is 4.90 Å². The molecule has 0 aliphatic carbocycles. The van der Waals surface area contributed by atoms with E-state index < -0.39 is 0 Å². The highest BCUT2D eigenvalue weighted by molar-refractivity contribution is 8.24. The molecular formula is C20H22N2OS2. The summed E-state index contributed by atoms with van der Waals surface area (Å²) >= 11 is 7.17. The molecule has 3 rings (SSSR count). The van der Waals surface area contributed by atoms with Crippen LogP contribution in [0.5, 0.6) is 0 Å². The molecular weight excluding hydrogens is 348 g/mol. The maximum atomic E-state index is 13.0. The first-order valence-electron chi connectivity index (χ1n) is 8.27. The molecule has 0 radical (unpaired) electrons. The van der Waals surface area contributed by atoms with Crippen molar-refractivity contribution in [2.45, 2.75) is 38.2 Å². The summed E-state index contributed by atoms with van der Waals surface area (Å²) in [4.78, 5) is 2.03. The fraction of sp³-hybridized carbons (Fsp3) is 0.300. The fourth-order valence-corrected chi connectivity index (χ4v) is 4.93. The molecule has 1 saturated heterocycles. The van der Waals surface area contributed by atoms with Crippen LogP contribution < -0.4 is 0 Å². The lowest BCUT2D eigenvalue weighted by Gasteiger charge is -2.29. The first-order chi connectivity index (χ1) is 11.9. The number of nitrogens with zero attached hydrogens (tertiary/aromatic N) is 2. The number of hydrogen-bond donors (Lipinski definition) is 0. The molecule has 5 heteroatoms. The van der Waals surface area contributed by atoms with E-state index in [9.17, 15) is 5.21 Å². The Balaban J connectivity index is 1.91. The summed E-state index contributed by atoms with van der Waals surface area (Å²) in [5.74, 6) is 0. The van der Waals surface area contributed by atoms with Gasteiger partial charge in [0.15, 0.2) is 6.21 Å². The number of thiocarbonyl (C=S) groups is 1. The Morgan fingerprint density at radius 2 is 1.80 bits per heavy atom. The van der Waals surface area contributed by atoms with Gasteiger partial charge in [-0.15, -0.1) is 0 Å². The number of rotatable bonds is 4. The standard InChI is InChI=1S/C20H22N2OS2/c1-15-9-11-17(12-10-15)14-22(23)18-20(2,3)25-19(24)21(18)13-16-7-5-4-6-8-16/h4-12,14,18H,13H2,1-3H3/b22-14-. The molecule has 1 aliphatic rings. The Kier molecular flexibility index (Phi) is 5.16. The van der Waals surface area contributed by atoms with Crippen molar-refractivity contribution in [2.24, 2.45) is 0 Å². The predicted molar refractivity (Wildman–Crippen MR) is 110 cm³/mol. The lowest BCUT2D eigenvalue weighted by atomic mass is 10.1. The molecule has 3 nitrogen and oxygen atoms in total. The van der Waals surface area contributed by atoms with Crippen LogP contribution in [-0.2, 0) is 6.54 Å². The average Bonchev–Trinajstić information content (AvgIpc) is 2.79. The minimum atomic E-state index is -0.341. The van der Waals surface area contributed by atoms with Gasteiger partial charge in [0, 0.05) is 5.56 Å². The van der Waals surface area contributed by atoms with Crippen molar-refractivity contribution in [1.82, 2.24) is 4.90 Å². The van der Waals surface area contributed by atoms with Crippen molar-refractivity contribution in [2.75, 3.05) is 0 Å². The molecule has 0 amide bonds. The van der Waals surface area contributed by atoms with Crippen LogP contribution in [0.3, 0.4) is 0 Å². The molecule has 0 N–H and O–H groups in total. The molecule has 0 spiro atoms. The zero-order valence-electron chi connectivity index (χ0n) is 14.7. The maximum absolute atomic E-state index is 13.0. The van der Waals surface area contributed by atoms with Crippen molar-refractivity contribution in [3.8, 4) is 0 Å². The van der Waals surface area contributed by atoms with E-state index in [1.54, 1.807) is 18.0 Å². The van der Waals surface area contributed by atoms with Crippen molar-refractivity contribution < 1.29 is 4.74 Å². The Hall–Kier alpha value is -1.85. The van der Waals surface area contributed by atoms with E-state index in [1.165, 1.54) is 5.56 Å². The van der Waals surface area contributed by atoms with Crippen LogP contribution in [0.4, 0.5) is 0 Å². The lowest BCUT2D eigenvalue weighted by molar-refractivity contribution is -0.524. The monoisotopic (exact) mass is 370 g/mol. The molecule has 2 aromatic rings. The van der Waals surface area contributed by atoms with E-state index in [1.807, 2.05) is 54.3 Å². The summed E-state index contributed by atoms with van der Waals surface area (Å²) in [5, 5.41) is 13.0. The van der Waals surface area contributed by atoms with Crippen LogP contribution in [0, 0.1) is 12.1 Å². The summed E-state index contributed by atoms with van der Waals surface area (Å²) in [6.07, 6.45) is 1.32. The average molecular weight is 371 g/mol. The largest absolute Gasteiger partial charge is 0.622 e. The van der Waals surface area contributed by atoms with Gasteiger partial charge in [0.25, 0.3) is 6.17 Å². The second kappa shape index (κ2) is 7.18. The first kappa shape index (κ1) is 18.0. The molecule has 0 aromatic heterocycles. The summed E-state index contributed by atoms with van der Waals surface area (Å²) in [5.41, 5.74) is 3.23. The quantitative estimate of drug-likeness (QED) is 0.259. The second-order valence-electron chi connectivity index (χ2n) is 6.86. The van der Waals surface area contributed by atoms with E-state index in [4.69, 9.17) is 12.2 Å². The van der Waals surface area contributed by atoms with Gasteiger partial charge in [-0.05, 0) is 38.5 Å². The van der Waals surface area contributed by atoms with E-state index in [-0.39, 0.29) is 10.9 Å². The smallest absolute Gasteiger partial charge is 0.254 e. The normalized spacial score (nSPS) is 20.1. The van der Waals surface area contributed by atoms with Crippen molar-refractivity contribution in [3.05, 3.63) is 76.5 Å². The summed E-state index contributed by atoms with van der Waals surface area (Å²) in [6, 6.07) is 18.1. The lowest BCUT2D eigenvalue weighted by Crippen LogP contribution is -2.47. The molecule has 0 bridgehead atoms.